The summed E-state index contributed by atoms with van der Waals surface area (Å²) in [5.74, 6) is 1.84. The molecule has 0 radical (unpaired) electrons. The Balaban J connectivity index is 1.96. The van der Waals surface area contributed by atoms with Crippen molar-refractivity contribution in [2.24, 2.45) is 5.92 Å². The van der Waals surface area contributed by atoms with Gasteiger partial charge in [0.1, 0.15) is 5.82 Å². The highest BCUT2D eigenvalue weighted by Crippen LogP contribution is 2.33. The predicted octanol–water partition coefficient (Wildman–Crippen LogP) is 2.84. The topological polar surface area (TPSA) is 16.1 Å². The molecule has 0 saturated heterocycles. The summed E-state index contributed by atoms with van der Waals surface area (Å²) in [7, 11) is 2.11. The van der Waals surface area contributed by atoms with Crippen molar-refractivity contribution in [3.8, 4) is 0 Å². The van der Waals surface area contributed by atoms with Crippen LogP contribution in [0.4, 0.5) is 5.82 Å². The Morgan fingerprint density at radius 2 is 2.27 bits per heavy atom. The van der Waals surface area contributed by atoms with Crippen LogP contribution >= 0.6 is 11.6 Å². The zero-order valence-corrected chi connectivity index (χ0v) is 10.0. The van der Waals surface area contributed by atoms with E-state index >= 15 is 0 Å². The van der Waals surface area contributed by atoms with Crippen molar-refractivity contribution in [2.75, 3.05) is 18.5 Å². The molecule has 1 heterocycles. The van der Waals surface area contributed by atoms with Crippen LogP contribution in [-0.4, -0.2) is 24.0 Å². The van der Waals surface area contributed by atoms with Gasteiger partial charge in [-0.3, -0.25) is 0 Å². The first kappa shape index (κ1) is 10.7. The lowest BCUT2D eigenvalue weighted by molar-refractivity contribution is 0.328. The van der Waals surface area contributed by atoms with E-state index in [2.05, 4.69) is 29.9 Å². The van der Waals surface area contributed by atoms with Crippen LogP contribution in [0, 0.1) is 12.8 Å². The van der Waals surface area contributed by atoms with Gasteiger partial charge in [-0.1, -0.05) is 6.07 Å². The maximum atomic E-state index is 5.97. The highest BCUT2D eigenvalue weighted by molar-refractivity contribution is 6.21. The molecule has 0 spiro atoms. The standard InChI is InChI=1S/C12H17ClN2/c1-9-4-3-5-14-12(9)15(2)8-10-6-11(13)7-10/h3-5,10-11H,6-8H2,1-2H3. The van der Waals surface area contributed by atoms with Crippen LogP contribution in [0.5, 0.6) is 0 Å². The first-order valence-electron chi connectivity index (χ1n) is 5.43. The number of hydrogen-bond acceptors (Lipinski definition) is 2. The van der Waals surface area contributed by atoms with Crippen LogP contribution in [0.2, 0.25) is 0 Å². The molecule has 15 heavy (non-hydrogen) atoms. The van der Waals surface area contributed by atoms with Crippen molar-refractivity contribution in [3.63, 3.8) is 0 Å². The van der Waals surface area contributed by atoms with Gasteiger partial charge in [0, 0.05) is 25.2 Å². The maximum Gasteiger partial charge on any atom is 0.131 e. The molecule has 1 aliphatic rings. The van der Waals surface area contributed by atoms with E-state index in [0.717, 1.165) is 31.1 Å². The molecule has 1 fully saturated rings. The third-order valence-electron chi connectivity index (χ3n) is 3.05. The van der Waals surface area contributed by atoms with Crippen LogP contribution < -0.4 is 4.90 Å². The highest BCUT2D eigenvalue weighted by atomic mass is 35.5. The molecule has 2 nitrogen and oxygen atoms in total. The zero-order valence-electron chi connectivity index (χ0n) is 9.28. The van der Waals surface area contributed by atoms with Gasteiger partial charge < -0.3 is 4.90 Å². The molecule has 1 aromatic heterocycles. The van der Waals surface area contributed by atoms with E-state index in [9.17, 15) is 0 Å². The van der Waals surface area contributed by atoms with Gasteiger partial charge in [-0.05, 0) is 37.3 Å². The van der Waals surface area contributed by atoms with Crippen LogP contribution in [-0.2, 0) is 0 Å². The summed E-state index contributed by atoms with van der Waals surface area (Å²) >= 11 is 5.97. The van der Waals surface area contributed by atoms with E-state index in [1.165, 1.54) is 5.56 Å². The molecule has 1 aliphatic carbocycles. The first-order chi connectivity index (χ1) is 7.16. The van der Waals surface area contributed by atoms with E-state index in [1.807, 2.05) is 12.3 Å². The molecule has 2 rings (SSSR count). The predicted molar refractivity (Wildman–Crippen MR) is 64.6 cm³/mol. The summed E-state index contributed by atoms with van der Waals surface area (Å²) < 4.78 is 0. The number of aromatic nitrogens is 1. The Morgan fingerprint density at radius 3 is 2.87 bits per heavy atom. The summed E-state index contributed by atoms with van der Waals surface area (Å²) in [4.78, 5) is 6.64. The lowest BCUT2D eigenvalue weighted by Gasteiger charge is -2.34. The quantitative estimate of drug-likeness (QED) is 0.734. The number of halogens is 1. The van der Waals surface area contributed by atoms with Crippen molar-refractivity contribution in [1.29, 1.82) is 0 Å². The summed E-state index contributed by atoms with van der Waals surface area (Å²) in [5, 5.41) is 0.410. The molecular weight excluding hydrogens is 208 g/mol. The highest BCUT2D eigenvalue weighted by Gasteiger charge is 2.28. The van der Waals surface area contributed by atoms with Crippen molar-refractivity contribution >= 4 is 17.4 Å². The molecule has 0 amide bonds. The summed E-state index contributed by atoms with van der Waals surface area (Å²) in [6, 6.07) is 4.08. The van der Waals surface area contributed by atoms with Crippen LogP contribution in [0.3, 0.4) is 0 Å². The first-order valence-corrected chi connectivity index (χ1v) is 5.87. The van der Waals surface area contributed by atoms with E-state index < -0.39 is 0 Å². The van der Waals surface area contributed by atoms with Gasteiger partial charge in [-0.25, -0.2) is 4.98 Å². The second kappa shape index (κ2) is 4.40. The van der Waals surface area contributed by atoms with E-state index in [1.54, 1.807) is 0 Å². The smallest absolute Gasteiger partial charge is 0.131 e. The van der Waals surface area contributed by atoms with E-state index in [0.29, 0.717) is 5.38 Å². The van der Waals surface area contributed by atoms with Crippen molar-refractivity contribution < 1.29 is 0 Å². The van der Waals surface area contributed by atoms with Crippen LogP contribution in [0.1, 0.15) is 18.4 Å². The van der Waals surface area contributed by atoms with Gasteiger partial charge in [0.2, 0.25) is 0 Å². The average molecular weight is 225 g/mol. The summed E-state index contributed by atoms with van der Waals surface area (Å²) in [5.41, 5.74) is 1.24. The van der Waals surface area contributed by atoms with E-state index in [4.69, 9.17) is 11.6 Å². The average Bonchev–Trinajstić information content (AvgIpc) is 2.16. The van der Waals surface area contributed by atoms with Gasteiger partial charge in [0.05, 0.1) is 0 Å². The van der Waals surface area contributed by atoms with Crippen LogP contribution in [0.25, 0.3) is 0 Å². The minimum Gasteiger partial charge on any atom is -0.359 e. The Labute approximate surface area is 96.3 Å². The molecular formula is C12H17ClN2. The maximum absolute atomic E-state index is 5.97. The number of rotatable bonds is 3. The number of pyridine rings is 1. The minimum absolute atomic E-state index is 0.410. The van der Waals surface area contributed by atoms with Crippen molar-refractivity contribution in [1.82, 2.24) is 4.98 Å². The molecule has 82 valence electrons. The van der Waals surface area contributed by atoms with Gasteiger partial charge in [-0.15, -0.1) is 11.6 Å². The zero-order chi connectivity index (χ0) is 10.8. The monoisotopic (exact) mass is 224 g/mol. The third-order valence-corrected chi connectivity index (χ3v) is 3.41. The second-order valence-corrected chi connectivity index (χ2v) is 5.08. The number of nitrogens with zero attached hydrogens (tertiary/aromatic N) is 2. The fourth-order valence-electron chi connectivity index (χ4n) is 2.15. The molecule has 0 aromatic carbocycles. The Hall–Kier alpha value is -0.760. The molecule has 1 saturated carbocycles. The largest absolute Gasteiger partial charge is 0.359 e. The fraction of sp³-hybridized carbons (Fsp3) is 0.583. The Bertz CT molecular complexity index is 334. The molecule has 3 heteroatoms. The molecule has 0 N–H and O–H groups in total. The third kappa shape index (κ3) is 2.43. The molecule has 0 unspecified atom stereocenters. The van der Waals surface area contributed by atoms with Crippen LogP contribution in [0.15, 0.2) is 18.3 Å². The fourth-order valence-corrected chi connectivity index (χ4v) is 2.66. The number of hydrogen-bond donors (Lipinski definition) is 0. The Morgan fingerprint density at radius 1 is 1.53 bits per heavy atom. The molecule has 0 atom stereocenters. The number of alkyl halides is 1. The normalized spacial score (nSPS) is 24.7. The number of anilines is 1. The lowest BCUT2D eigenvalue weighted by Crippen LogP contribution is -2.35. The SMILES string of the molecule is Cc1cccnc1N(C)CC1CC(Cl)C1. The summed E-state index contributed by atoms with van der Waals surface area (Å²) in [6.07, 6.45) is 4.15. The molecule has 0 aliphatic heterocycles. The number of aryl methyl sites for hydroxylation is 1. The van der Waals surface area contributed by atoms with Crippen molar-refractivity contribution in [2.45, 2.75) is 25.1 Å². The van der Waals surface area contributed by atoms with Gasteiger partial charge >= 0.3 is 0 Å². The molecule has 0 bridgehead atoms. The van der Waals surface area contributed by atoms with Gasteiger partial charge in [0.15, 0.2) is 0 Å². The summed E-state index contributed by atoms with van der Waals surface area (Å²) in [6.45, 7) is 3.17. The van der Waals surface area contributed by atoms with Gasteiger partial charge in [-0.2, -0.15) is 0 Å². The van der Waals surface area contributed by atoms with Crippen molar-refractivity contribution in [3.05, 3.63) is 23.9 Å². The van der Waals surface area contributed by atoms with E-state index in [-0.39, 0.29) is 0 Å². The second-order valence-electron chi connectivity index (χ2n) is 4.46. The lowest BCUT2D eigenvalue weighted by atomic mass is 9.84. The Kier molecular flexibility index (Phi) is 3.15. The minimum atomic E-state index is 0.410. The van der Waals surface area contributed by atoms with Gasteiger partial charge in [0.25, 0.3) is 0 Å². The molecule has 1 aromatic rings.